The summed E-state index contributed by atoms with van der Waals surface area (Å²) in [5, 5.41) is 3.71. The first-order valence-corrected chi connectivity index (χ1v) is 8.70. The predicted octanol–water partition coefficient (Wildman–Crippen LogP) is 3.89. The van der Waals surface area contributed by atoms with E-state index in [4.69, 9.17) is 4.74 Å². The number of hydrogen-bond acceptors (Lipinski definition) is 2. The molecule has 3 rings (SSSR count). The zero-order valence-corrected chi connectivity index (χ0v) is 12.6. The molecule has 3 fully saturated rings. The van der Waals surface area contributed by atoms with Gasteiger partial charge in [-0.15, -0.1) is 0 Å². The maximum Gasteiger partial charge on any atom is 0.0661 e. The Morgan fingerprint density at radius 3 is 2.53 bits per heavy atom. The average molecular weight is 265 g/mol. The van der Waals surface area contributed by atoms with Gasteiger partial charge in [0.2, 0.25) is 0 Å². The monoisotopic (exact) mass is 265 g/mol. The molecule has 0 saturated heterocycles. The summed E-state index contributed by atoms with van der Waals surface area (Å²) >= 11 is 0. The van der Waals surface area contributed by atoms with Crippen LogP contribution in [0.15, 0.2) is 0 Å². The molecule has 0 amide bonds. The summed E-state index contributed by atoms with van der Waals surface area (Å²) in [7, 11) is 0. The summed E-state index contributed by atoms with van der Waals surface area (Å²) in [6.45, 7) is 4.37. The van der Waals surface area contributed by atoms with Crippen molar-refractivity contribution in [2.24, 2.45) is 11.3 Å². The van der Waals surface area contributed by atoms with Crippen molar-refractivity contribution in [2.75, 3.05) is 13.2 Å². The van der Waals surface area contributed by atoms with Crippen LogP contribution in [-0.4, -0.2) is 25.3 Å². The molecule has 1 spiro atoms. The Bertz CT molecular complexity index is 281. The molecule has 3 aliphatic carbocycles. The second-order valence-corrected chi connectivity index (χ2v) is 7.08. The molecular weight excluding hydrogens is 234 g/mol. The van der Waals surface area contributed by atoms with E-state index in [1.54, 1.807) is 0 Å². The fourth-order valence-electron chi connectivity index (χ4n) is 4.55. The van der Waals surface area contributed by atoms with Gasteiger partial charge < -0.3 is 10.1 Å². The molecule has 2 unspecified atom stereocenters. The number of rotatable bonds is 6. The maximum absolute atomic E-state index is 6.31. The highest BCUT2D eigenvalue weighted by Crippen LogP contribution is 2.53. The molecule has 19 heavy (non-hydrogen) atoms. The van der Waals surface area contributed by atoms with E-state index in [0.29, 0.717) is 11.5 Å². The zero-order valence-electron chi connectivity index (χ0n) is 12.6. The summed E-state index contributed by atoms with van der Waals surface area (Å²) in [6, 6.07) is 0.742. The smallest absolute Gasteiger partial charge is 0.0661 e. The Morgan fingerprint density at radius 2 is 1.89 bits per heavy atom. The maximum atomic E-state index is 6.31. The number of nitrogens with one attached hydrogen (secondary N) is 1. The summed E-state index contributed by atoms with van der Waals surface area (Å²) in [5.74, 6) is 0.993. The van der Waals surface area contributed by atoms with Crippen LogP contribution in [0.4, 0.5) is 0 Å². The third-order valence-electron chi connectivity index (χ3n) is 6.09. The largest absolute Gasteiger partial charge is 0.378 e. The first-order chi connectivity index (χ1) is 9.35. The van der Waals surface area contributed by atoms with Crippen LogP contribution in [0.1, 0.15) is 71.1 Å². The number of ether oxygens (including phenoxy) is 1. The Kier molecular flexibility index (Phi) is 4.48. The zero-order chi connectivity index (χ0) is 13.1. The predicted molar refractivity (Wildman–Crippen MR) is 79.3 cm³/mol. The van der Waals surface area contributed by atoms with Crippen LogP contribution in [0.25, 0.3) is 0 Å². The summed E-state index contributed by atoms with van der Waals surface area (Å²) in [6.07, 6.45) is 14.6. The van der Waals surface area contributed by atoms with Gasteiger partial charge in [-0.2, -0.15) is 0 Å². The molecule has 0 aliphatic heterocycles. The van der Waals surface area contributed by atoms with Gasteiger partial charge in [-0.05, 0) is 38.1 Å². The van der Waals surface area contributed by atoms with E-state index >= 15 is 0 Å². The molecule has 1 N–H and O–H groups in total. The molecule has 110 valence electrons. The van der Waals surface area contributed by atoms with E-state index < -0.39 is 0 Å². The Hall–Kier alpha value is -0.0800. The Morgan fingerprint density at radius 1 is 1.11 bits per heavy atom. The van der Waals surface area contributed by atoms with E-state index in [9.17, 15) is 0 Å². The molecule has 2 atom stereocenters. The van der Waals surface area contributed by atoms with Crippen molar-refractivity contribution in [3.05, 3.63) is 0 Å². The lowest BCUT2D eigenvalue weighted by Gasteiger charge is -2.58. The highest BCUT2D eigenvalue weighted by Gasteiger charge is 2.55. The molecule has 0 bridgehead atoms. The van der Waals surface area contributed by atoms with Crippen LogP contribution in [0.2, 0.25) is 0 Å². The molecule has 3 saturated carbocycles. The van der Waals surface area contributed by atoms with Gasteiger partial charge >= 0.3 is 0 Å². The van der Waals surface area contributed by atoms with Crippen molar-refractivity contribution in [1.29, 1.82) is 0 Å². The van der Waals surface area contributed by atoms with Gasteiger partial charge in [0, 0.05) is 18.1 Å². The van der Waals surface area contributed by atoms with Crippen molar-refractivity contribution in [2.45, 2.75) is 83.3 Å². The Labute approximate surface area is 118 Å². The molecular formula is C17H31NO. The standard InChI is InChI=1S/C17H31NO/c1-2-18-15-13-16(17(15)10-4-3-5-11-17)19-12-9-14-7-6-8-14/h14-16,18H,2-13H2,1H3. The third kappa shape index (κ3) is 2.71. The van der Waals surface area contributed by atoms with Crippen LogP contribution in [0.3, 0.4) is 0 Å². The second-order valence-electron chi connectivity index (χ2n) is 7.08. The van der Waals surface area contributed by atoms with Crippen LogP contribution in [-0.2, 0) is 4.74 Å². The normalized spacial score (nSPS) is 33.9. The van der Waals surface area contributed by atoms with Gasteiger partial charge in [0.1, 0.15) is 0 Å². The van der Waals surface area contributed by atoms with E-state index in [2.05, 4.69) is 12.2 Å². The second kappa shape index (κ2) is 6.13. The molecule has 0 heterocycles. The SMILES string of the molecule is CCNC1CC(OCCC2CCC2)C12CCCCC2. The lowest BCUT2D eigenvalue weighted by atomic mass is 9.55. The van der Waals surface area contributed by atoms with Gasteiger partial charge in [0.15, 0.2) is 0 Å². The third-order valence-corrected chi connectivity index (χ3v) is 6.09. The molecule has 2 nitrogen and oxygen atoms in total. The topological polar surface area (TPSA) is 21.3 Å². The molecule has 0 radical (unpaired) electrons. The minimum atomic E-state index is 0.508. The molecule has 0 aromatic carbocycles. The Balaban J connectivity index is 1.49. The number of hydrogen-bond donors (Lipinski definition) is 1. The van der Waals surface area contributed by atoms with Crippen molar-refractivity contribution in [3.8, 4) is 0 Å². The van der Waals surface area contributed by atoms with E-state index in [1.807, 2.05) is 0 Å². The fourth-order valence-corrected chi connectivity index (χ4v) is 4.55. The fraction of sp³-hybridized carbons (Fsp3) is 1.00. The summed E-state index contributed by atoms with van der Waals surface area (Å²) in [4.78, 5) is 0. The summed E-state index contributed by atoms with van der Waals surface area (Å²) < 4.78 is 6.31. The van der Waals surface area contributed by atoms with Crippen LogP contribution in [0, 0.1) is 11.3 Å². The molecule has 0 aromatic rings. The molecule has 0 aromatic heterocycles. The van der Waals surface area contributed by atoms with Gasteiger partial charge in [0.25, 0.3) is 0 Å². The quantitative estimate of drug-likeness (QED) is 0.786. The molecule has 3 aliphatic rings. The van der Waals surface area contributed by atoms with Crippen LogP contribution < -0.4 is 5.32 Å². The van der Waals surface area contributed by atoms with E-state index in [-0.39, 0.29) is 0 Å². The lowest BCUT2D eigenvalue weighted by Crippen LogP contribution is -2.64. The first-order valence-electron chi connectivity index (χ1n) is 8.70. The summed E-state index contributed by atoms with van der Waals surface area (Å²) in [5.41, 5.74) is 0.508. The minimum absolute atomic E-state index is 0.508. The van der Waals surface area contributed by atoms with Crippen molar-refractivity contribution < 1.29 is 4.74 Å². The average Bonchev–Trinajstić information content (AvgIpc) is 2.40. The van der Waals surface area contributed by atoms with Crippen LogP contribution >= 0.6 is 0 Å². The van der Waals surface area contributed by atoms with E-state index in [0.717, 1.165) is 25.1 Å². The van der Waals surface area contributed by atoms with Gasteiger partial charge in [-0.1, -0.05) is 45.4 Å². The highest BCUT2D eigenvalue weighted by molar-refractivity contribution is 5.08. The van der Waals surface area contributed by atoms with Gasteiger partial charge in [-0.3, -0.25) is 0 Å². The van der Waals surface area contributed by atoms with E-state index in [1.165, 1.54) is 64.2 Å². The molecule has 2 heteroatoms. The van der Waals surface area contributed by atoms with Gasteiger partial charge in [0.05, 0.1) is 6.10 Å². The minimum Gasteiger partial charge on any atom is -0.378 e. The van der Waals surface area contributed by atoms with Crippen molar-refractivity contribution >= 4 is 0 Å². The highest BCUT2D eigenvalue weighted by atomic mass is 16.5. The lowest BCUT2D eigenvalue weighted by molar-refractivity contribution is -0.154. The van der Waals surface area contributed by atoms with Gasteiger partial charge in [-0.25, -0.2) is 0 Å². The van der Waals surface area contributed by atoms with Crippen molar-refractivity contribution in [1.82, 2.24) is 5.32 Å². The van der Waals surface area contributed by atoms with Crippen LogP contribution in [0.5, 0.6) is 0 Å². The first kappa shape index (κ1) is 13.9. The van der Waals surface area contributed by atoms with Crippen molar-refractivity contribution in [3.63, 3.8) is 0 Å².